The first-order valence-corrected chi connectivity index (χ1v) is 8.07. The van der Waals surface area contributed by atoms with Gasteiger partial charge in [0, 0.05) is 6.54 Å². The minimum absolute atomic E-state index is 0.0548. The van der Waals surface area contributed by atoms with Crippen LogP contribution in [0.3, 0.4) is 0 Å². The van der Waals surface area contributed by atoms with Gasteiger partial charge in [0.2, 0.25) is 0 Å². The third-order valence-electron chi connectivity index (χ3n) is 3.43. The normalized spacial score (nSPS) is 10.3. The lowest BCUT2D eigenvalue weighted by molar-refractivity contribution is 0.0950. The Hall–Kier alpha value is -2.56. The quantitative estimate of drug-likeness (QED) is 0.804. The van der Waals surface area contributed by atoms with Crippen LogP contribution in [0.1, 0.15) is 29.8 Å². The maximum Gasteiger partial charge on any atom is 0.254 e. The van der Waals surface area contributed by atoms with Gasteiger partial charge < -0.3 is 14.8 Å². The fourth-order valence-electron chi connectivity index (χ4n) is 2.31. The van der Waals surface area contributed by atoms with Crippen molar-refractivity contribution in [2.24, 2.45) is 0 Å². The van der Waals surface area contributed by atoms with E-state index in [2.05, 4.69) is 5.32 Å². The van der Waals surface area contributed by atoms with Crippen molar-refractivity contribution in [3.63, 3.8) is 0 Å². The number of hydrogen-bond donors (Lipinski definition) is 1. The molecule has 0 atom stereocenters. The Morgan fingerprint density at radius 3 is 2.46 bits per heavy atom. The van der Waals surface area contributed by atoms with E-state index in [1.807, 2.05) is 32.0 Å². The summed E-state index contributed by atoms with van der Waals surface area (Å²) in [6.45, 7) is 5.36. The summed E-state index contributed by atoms with van der Waals surface area (Å²) < 4.78 is 24.7. The number of halogens is 1. The van der Waals surface area contributed by atoms with E-state index in [0.29, 0.717) is 37.7 Å². The SMILES string of the molecule is CCOc1ccc(CCNC(=O)c2ccccc2F)cc1OCC. The monoisotopic (exact) mass is 331 g/mol. The average Bonchev–Trinajstić information content (AvgIpc) is 2.58. The lowest BCUT2D eigenvalue weighted by Crippen LogP contribution is -2.26. The molecule has 0 bridgehead atoms. The van der Waals surface area contributed by atoms with Crippen molar-refractivity contribution in [2.75, 3.05) is 19.8 Å². The van der Waals surface area contributed by atoms with Crippen molar-refractivity contribution in [1.29, 1.82) is 0 Å². The van der Waals surface area contributed by atoms with Crippen molar-refractivity contribution in [3.8, 4) is 11.5 Å². The van der Waals surface area contributed by atoms with E-state index in [1.165, 1.54) is 12.1 Å². The highest BCUT2D eigenvalue weighted by atomic mass is 19.1. The Labute approximate surface area is 141 Å². The summed E-state index contributed by atoms with van der Waals surface area (Å²) in [6.07, 6.45) is 0.618. The summed E-state index contributed by atoms with van der Waals surface area (Å²) in [5, 5.41) is 2.73. The molecule has 2 aromatic rings. The summed E-state index contributed by atoms with van der Waals surface area (Å²) in [7, 11) is 0. The van der Waals surface area contributed by atoms with Gasteiger partial charge >= 0.3 is 0 Å². The van der Waals surface area contributed by atoms with Crippen LogP contribution in [0.4, 0.5) is 4.39 Å². The fraction of sp³-hybridized carbons (Fsp3) is 0.316. The Morgan fingerprint density at radius 1 is 1.04 bits per heavy atom. The highest BCUT2D eigenvalue weighted by Gasteiger charge is 2.10. The molecular formula is C19H22FNO3. The molecule has 0 saturated heterocycles. The number of hydrogen-bond acceptors (Lipinski definition) is 3. The fourth-order valence-corrected chi connectivity index (χ4v) is 2.31. The highest BCUT2D eigenvalue weighted by molar-refractivity contribution is 5.94. The molecule has 0 radical (unpaired) electrons. The molecule has 0 aromatic heterocycles. The standard InChI is InChI=1S/C19H22FNO3/c1-3-23-17-10-9-14(13-18(17)24-4-2)11-12-21-19(22)15-7-5-6-8-16(15)20/h5-10,13H,3-4,11-12H2,1-2H3,(H,21,22). The molecule has 0 heterocycles. The molecule has 0 aliphatic carbocycles. The van der Waals surface area contributed by atoms with Crippen LogP contribution in [0.25, 0.3) is 0 Å². The Balaban J connectivity index is 1.95. The Bertz CT molecular complexity index is 688. The van der Waals surface area contributed by atoms with Crippen LogP contribution in [-0.4, -0.2) is 25.7 Å². The molecule has 2 rings (SSSR count). The van der Waals surface area contributed by atoms with E-state index in [9.17, 15) is 9.18 Å². The van der Waals surface area contributed by atoms with Gasteiger partial charge in [0.15, 0.2) is 11.5 Å². The molecule has 1 amide bonds. The van der Waals surface area contributed by atoms with Crippen LogP contribution in [0.15, 0.2) is 42.5 Å². The average molecular weight is 331 g/mol. The van der Waals surface area contributed by atoms with Crippen LogP contribution in [0.5, 0.6) is 11.5 Å². The second-order valence-corrected chi connectivity index (χ2v) is 5.13. The maximum atomic E-state index is 13.6. The van der Waals surface area contributed by atoms with E-state index >= 15 is 0 Å². The first kappa shape index (κ1) is 17.8. The molecule has 0 unspecified atom stereocenters. The van der Waals surface area contributed by atoms with Gasteiger partial charge in [-0.1, -0.05) is 18.2 Å². The molecule has 0 spiro atoms. The molecular weight excluding hydrogens is 309 g/mol. The zero-order valence-corrected chi connectivity index (χ0v) is 14.0. The number of carbonyl (C=O) groups is 1. The molecule has 24 heavy (non-hydrogen) atoms. The zero-order valence-electron chi connectivity index (χ0n) is 14.0. The van der Waals surface area contributed by atoms with Crippen LogP contribution in [0, 0.1) is 5.82 Å². The Kier molecular flexibility index (Phi) is 6.61. The second kappa shape index (κ2) is 8.91. The summed E-state index contributed by atoms with van der Waals surface area (Å²) in [6, 6.07) is 11.6. The molecule has 0 aliphatic rings. The van der Waals surface area contributed by atoms with Crippen molar-refractivity contribution in [2.45, 2.75) is 20.3 Å². The number of amides is 1. The lowest BCUT2D eigenvalue weighted by atomic mass is 10.1. The third-order valence-corrected chi connectivity index (χ3v) is 3.43. The largest absolute Gasteiger partial charge is 0.490 e. The second-order valence-electron chi connectivity index (χ2n) is 5.13. The molecule has 0 saturated carbocycles. The summed E-state index contributed by atoms with van der Waals surface area (Å²) in [5.74, 6) is 0.467. The number of carbonyl (C=O) groups excluding carboxylic acids is 1. The third kappa shape index (κ3) is 4.72. The summed E-state index contributed by atoms with van der Waals surface area (Å²) in [5.41, 5.74) is 1.06. The maximum absolute atomic E-state index is 13.6. The highest BCUT2D eigenvalue weighted by Crippen LogP contribution is 2.28. The van der Waals surface area contributed by atoms with Gasteiger partial charge in [-0.25, -0.2) is 4.39 Å². The molecule has 5 heteroatoms. The Morgan fingerprint density at radius 2 is 1.75 bits per heavy atom. The van der Waals surface area contributed by atoms with E-state index in [4.69, 9.17) is 9.47 Å². The molecule has 0 aliphatic heterocycles. The van der Waals surface area contributed by atoms with Gasteiger partial charge in [-0.3, -0.25) is 4.79 Å². The predicted octanol–water partition coefficient (Wildman–Crippen LogP) is 3.60. The molecule has 128 valence electrons. The molecule has 0 fully saturated rings. The van der Waals surface area contributed by atoms with Crippen LogP contribution in [-0.2, 0) is 6.42 Å². The minimum atomic E-state index is -0.519. The van der Waals surface area contributed by atoms with Crippen molar-refractivity contribution in [3.05, 3.63) is 59.4 Å². The summed E-state index contributed by atoms with van der Waals surface area (Å²) in [4.78, 5) is 12.0. The topological polar surface area (TPSA) is 47.6 Å². The molecule has 2 aromatic carbocycles. The van der Waals surface area contributed by atoms with Gasteiger partial charge in [-0.05, 0) is 50.1 Å². The van der Waals surface area contributed by atoms with Crippen molar-refractivity contribution in [1.82, 2.24) is 5.32 Å². The van der Waals surface area contributed by atoms with E-state index in [1.54, 1.807) is 12.1 Å². The van der Waals surface area contributed by atoms with Crippen LogP contribution < -0.4 is 14.8 Å². The predicted molar refractivity (Wildman–Crippen MR) is 91.2 cm³/mol. The van der Waals surface area contributed by atoms with Crippen LogP contribution >= 0.6 is 0 Å². The van der Waals surface area contributed by atoms with E-state index in [0.717, 1.165) is 5.56 Å². The van der Waals surface area contributed by atoms with E-state index in [-0.39, 0.29) is 5.56 Å². The van der Waals surface area contributed by atoms with Crippen LogP contribution in [0.2, 0.25) is 0 Å². The van der Waals surface area contributed by atoms with E-state index < -0.39 is 11.7 Å². The van der Waals surface area contributed by atoms with Gasteiger partial charge in [0.05, 0.1) is 18.8 Å². The summed E-state index contributed by atoms with van der Waals surface area (Å²) >= 11 is 0. The lowest BCUT2D eigenvalue weighted by Gasteiger charge is -2.12. The number of rotatable bonds is 8. The smallest absolute Gasteiger partial charge is 0.254 e. The van der Waals surface area contributed by atoms with Gasteiger partial charge in [0.1, 0.15) is 5.82 Å². The van der Waals surface area contributed by atoms with Gasteiger partial charge in [-0.2, -0.15) is 0 Å². The first-order valence-electron chi connectivity index (χ1n) is 8.07. The van der Waals surface area contributed by atoms with Gasteiger partial charge in [0.25, 0.3) is 5.91 Å². The van der Waals surface area contributed by atoms with Gasteiger partial charge in [-0.15, -0.1) is 0 Å². The number of nitrogens with one attached hydrogen (secondary N) is 1. The molecule has 1 N–H and O–H groups in total. The first-order chi connectivity index (χ1) is 11.7. The number of ether oxygens (including phenoxy) is 2. The molecule has 4 nitrogen and oxygen atoms in total. The zero-order chi connectivity index (χ0) is 17.4. The number of benzene rings is 2. The minimum Gasteiger partial charge on any atom is -0.490 e. The van der Waals surface area contributed by atoms with Crippen molar-refractivity contribution < 1.29 is 18.7 Å². The van der Waals surface area contributed by atoms with Crippen molar-refractivity contribution >= 4 is 5.91 Å².